The highest BCUT2D eigenvalue weighted by atomic mass is 35.5. The van der Waals surface area contributed by atoms with Crippen LogP contribution in [0.4, 0.5) is 13.2 Å². The lowest BCUT2D eigenvalue weighted by Crippen LogP contribution is -1.97. The Morgan fingerprint density at radius 2 is 1.59 bits per heavy atom. The summed E-state index contributed by atoms with van der Waals surface area (Å²) < 4.78 is 39.0. The quantitative estimate of drug-likeness (QED) is 0.701. The number of halogens is 5. The highest BCUT2D eigenvalue weighted by Crippen LogP contribution is 2.29. The number of nitrogens with zero attached hydrogens (tertiary/aromatic N) is 1. The molecule has 6 heteroatoms. The molecule has 0 aliphatic carbocycles. The predicted octanol–water partition coefficient (Wildman–Crippen LogP) is 4.47. The fraction of sp³-hybridized carbons (Fsp3) is 0. The zero-order chi connectivity index (χ0) is 12.6. The van der Waals surface area contributed by atoms with Crippen LogP contribution in [-0.4, -0.2) is 4.98 Å². The Hall–Kier alpha value is -1.26. The van der Waals surface area contributed by atoms with Crippen LogP contribution in [0, 0.1) is 17.6 Å². The molecule has 0 aliphatic heterocycles. The molecule has 0 radical (unpaired) electrons. The minimum Gasteiger partial charge on any atom is -0.214 e. The third-order valence-corrected chi connectivity index (χ3v) is 2.82. The predicted molar refractivity (Wildman–Crippen MR) is 59.6 cm³/mol. The Bertz CT molecular complexity index is 587. The third kappa shape index (κ3) is 2.37. The van der Waals surface area contributed by atoms with Crippen LogP contribution in [0.25, 0.3) is 11.3 Å². The molecule has 0 saturated carbocycles. The van der Waals surface area contributed by atoms with E-state index in [1.54, 1.807) is 0 Å². The largest absolute Gasteiger partial charge is 0.249 e. The maximum Gasteiger partial charge on any atom is 0.249 e. The smallest absolute Gasteiger partial charge is 0.214 e. The highest BCUT2D eigenvalue weighted by molar-refractivity contribution is 6.42. The van der Waals surface area contributed by atoms with Gasteiger partial charge >= 0.3 is 0 Å². The summed E-state index contributed by atoms with van der Waals surface area (Å²) in [6.07, 6.45) is 0. The summed E-state index contributed by atoms with van der Waals surface area (Å²) in [5, 5.41) is 0.452. The topological polar surface area (TPSA) is 12.9 Å². The maximum atomic E-state index is 13.4. The monoisotopic (exact) mass is 277 g/mol. The SMILES string of the molecule is Fc1cc(F)c(-c2ccc(Cl)c(Cl)c2)nc1F. The Kier molecular flexibility index (Phi) is 3.26. The molecule has 88 valence electrons. The second-order valence-electron chi connectivity index (χ2n) is 3.22. The first-order chi connectivity index (χ1) is 7.99. The zero-order valence-electron chi connectivity index (χ0n) is 8.15. The van der Waals surface area contributed by atoms with Crippen molar-refractivity contribution in [2.24, 2.45) is 0 Å². The van der Waals surface area contributed by atoms with Crippen LogP contribution < -0.4 is 0 Å². The Morgan fingerprint density at radius 3 is 2.24 bits per heavy atom. The molecule has 2 rings (SSSR count). The first-order valence-corrected chi connectivity index (χ1v) is 5.21. The van der Waals surface area contributed by atoms with E-state index in [1.807, 2.05) is 0 Å². The van der Waals surface area contributed by atoms with Crippen LogP contribution in [0.5, 0.6) is 0 Å². The summed E-state index contributed by atoms with van der Waals surface area (Å²) in [6.45, 7) is 0. The van der Waals surface area contributed by atoms with Gasteiger partial charge in [0.1, 0.15) is 5.69 Å². The van der Waals surface area contributed by atoms with Crippen molar-refractivity contribution in [3.63, 3.8) is 0 Å². The molecule has 0 N–H and O–H groups in total. The van der Waals surface area contributed by atoms with Gasteiger partial charge in [0.2, 0.25) is 5.95 Å². The normalized spacial score (nSPS) is 10.6. The minimum atomic E-state index is -1.37. The van der Waals surface area contributed by atoms with E-state index in [-0.39, 0.29) is 21.3 Å². The zero-order valence-corrected chi connectivity index (χ0v) is 9.66. The van der Waals surface area contributed by atoms with Crippen LogP contribution in [0.1, 0.15) is 0 Å². The van der Waals surface area contributed by atoms with Crippen molar-refractivity contribution < 1.29 is 13.2 Å². The Morgan fingerprint density at radius 1 is 0.882 bits per heavy atom. The lowest BCUT2D eigenvalue weighted by molar-refractivity contribution is 0.466. The fourth-order valence-corrected chi connectivity index (χ4v) is 1.59. The molecule has 0 amide bonds. The molecular formula is C11H4Cl2F3N. The number of aromatic nitrogens is 1. The average molecular weight is 278 g/mol. The first kappa shape index (κ1) is 12.2. The van der Waals surface area contributed by atoms with E-state index in [0.29, 0.717) is 6.07 Å². The second kappa shape index (κ2) is 4.55. The van der Waals surface area contributed by atoms with Gasteiger partial charge in [-0.25, -0.2) is 13.8 Å². The van der Waals surface area contributed by atoms with Crippen molar-refractivity contribution in [3.8, 4) is 11.3 Å². The van der Waals surface area contributed by atoms with Crippen molar-refractivity contribution in [2.45, 2.75) is 0 Å². The van der Waals surface area contributed by atoms with Crippen LogP contribution in [0.2, 0.25) is 10.0 Å². The summed E-state index contributed by atoms with van der Waals surface area (Å²) in [6, 6.07) is 4.59. The van der Waals surface area contributed by atoms with E-state index in [2.05, 4.69) is 4.98 Å². The third-order valence-electron chi connectivity index (χ3n) is 2.08. The molecule has 2 aromatic rings. The summed E-state index contributed by atoms with van der Waals surface area (Å²) >= 11 is 11.4. The molecule has 1 heterocycles. The van der Waals surface area contributed by atoms with Crippen LogP contribution in [0.15, 0.2) is 24.3 Å². The molecule has 0 spiro atoms. The fourth-order valence-electron chi connectivity index (χ4n) is 1.29. The van der Waals surface area contributed by atoms with Crippen molar-refractivity contribution >= 4 is 23.2 Å². The van der Waals surface area contributed by atoms with Crippen molar-refractivity contribution in [3.05, 3.63) is 51.9 Å². The number of benzene rings is 1. The molecule has 0 fully saturated rings. The van der Waals surface area contributed by atoms with Crippen LogP contribution in [-0.2, 0) is 0 Å². The van der Waals surface area contributed by atoms with E-state index in [0.717, 1.165) is 0 Å². The second-order valence-corrected chi connectivity index (χ2v) is 4.03. The number of rotatable bonds is 1. The number of hydrogen-bond acceptors (Lipinski definition) is 1. The van der Waals surface area contributed by atoms with E-state index < -0.39 is 17.6 Å². The average Bonchev–Trinajstić information content (AvgIpc) is 2.27. The summed E-state index contributed by atoms with van der Waals surface area (Å²) in [5.41, 5.74) is -0.0988. The highest BCUT2D eigenvalue weighted by Gasteiger charge is 2.14. The standard InChI is InChI=1S/C11H4Cl2F3N/c12-6-2-1-5(3-7(6)13)10-8(14)4-9(15)11(16)17-10/h1-4H. The number of pyridine rings is 1. The molecule has 0 bridgehead atoms. The number of hydrogen-bond donors (Lipinski definition) is 0. The van der Waals surface area contributed by atoms with Crippen molar-refractivity contribution in [1.82, 2.24) is 4.98 Å². The Balaban J connectivity index is 2.60. The summed E-state index contributed by atoms with van der Waals surface area (Å²) in [5.74, 6) is -3.68. The van der Waals surface area contributed by atoms with Crippen molar-refractivity contribution in [1.29, 1.82) is 0 Å². The maximum absolute atomic E-state index is 13.4. The van der Waals surface area contributed by atoms with Crippen molar-refractivity contribution in [2.75, 3.05) is 0 Å². The van der Waals surface area contributed by atoms with E-state index in [9.17, 15) is 13.2 Å². The molecule has 0 atom stereocenters. The lowest BCUT2D eigenvalue weighted by atomic mass is 10.1. The Labute approximate surface area is 105 Å². The van der Waals surface area contributed by atoms with Gasteiger partial charge in [-0.1, -0.05) is 29.3 Å². The van der Waals surface area contributed by atoms with Gasteiger partial charge in [-0.2, -0.15) is 4.39 Å². The summed E-state index contributed by atoms with van der Waals surface area (Å²) in [4.78, 5) is 3.19. The molecule has 1 aromatic heterocycles. The molecule has 0 aliphatic rings. The van der Waals surface area contributed by atoms with E-state index >= 15 is 0 Å². The molecule has 0 saturated heterocycles. The molecule has 17 heavy (non-hydrogen) atoms. The van der Waals surface area contributed by atoms with Gasteiger partial charge in [-0.05, 0) is 12.1 Å². The van der Waals surface area contributed by atoms with E-state index in [4.69, 9.17) is 23.2 Å². The van der Waals surface area contributed by atoms with Gasteiger partial charge in [0.05, 0.1) is 10.0 Å². The van der Waals surface area contributed by atoms with Gasteiger partial charge in [0, 0.05) is 11.6 Å². The van der Waals surface area contributed by atoms with Gasteiger partial charge in [-0.3, -0.25) is 0 Å². The van der Waals surface area contributed by atoms with Gasteiger partial charge in [-0.15, -0.1) is 0 Å². The van der Waals surface area contributed by atoms with Gasteiger partial charge < -0.3 is 0 Å². The molecule has 0 unspecified atom stereocenters. The van der Waals surface area contributed by atoms with Gasteiger partial charge in [0.25, 0.3) is 0 Å². The minimum absolute atomic E-state index is 0.176. The lowest BCUT2D eigenvalue weighted by Gasteiger charge is -2.04. The van der Waals surface area contributed by atoms with Crippen LogP contribution in [0.3, 0.4) is 0 Å². The molecule has 1 aromatic carbocycles. The van der Waals surface area contributed by atoms with Gasteiger partial charge in [0.15, 0.2) is 11.6 Å². The van der Waals surface area contributed by atoms with Crippen LogP contribution >= 0.6 is 23.2 Å². The molecule has 1 nitrogen and oxygen atoms in total. The first-order valence-electron chi connectivity index (χ1n) is 4.46. The molecular weight excluding hydrogens is 274 g/mol. The van der Waals surface area contributed by atoms with E-state index in [1.165, 1.54) is 18.2 Å². The summed E-state index contributed by atoms with van der Waals surface area (Å²) in [7, 11) is 0.